The molecule has 0 saturated heterocycles. The molecule has 0 aliphatic carbocycles. The molecular weight excluding hydrogens is 496 g/mol. The van der Waals surface area contributed by atoms with Crippen LogP contribution in [-0.4, -0.2) is 32.2 Å². The van der Waals surface area contributed by atoms with Crippen molar-refractivity contribution < 1.29 is 25.9 Å². The highest BCUT2D eigenvalue weighted by Crippen LogP contribution is 2.13. The van der Waals surface area contributed by atoms with Gasteiger partial charge in [-0.1, -0.05) is 98.1 Å². The van der Waals surface area contributed by atoms with Crippen molar-refractivity contribution in [3.63, 3.8) is 0 Å². The number of aryl methyl sites for hydroxylation is 2. The van der Waals surface area contributed by atoms with Crippen LogP contribution in [0.1, 0.15) is 33.4 Å². The smallest absolute Gasteiger partial charge is 0.286 e. The molecule has 0 aliphatic heterocycles. The molecule has 0 amide bonds. The van der Waals surface area contributed by atoms with Gasteiger partial charge in [0.1, 0.15) is 0 Å². The molecular formula is C28H34O6S2. The van der Waals surface area contributed by atoms with Crippen LogP contribution in [0.25, 0.3) is 18.2 Å². The average Bonchev–Trinajstić information content (AvgIpc) is 2.80. The van der Waals surface area contributed by atoms with E-state index in [1.165, 1.54) is 28.8 Å². The normalized spacial score (nSPS) is 10.2. The largest absolute Gasteiger partial charge is 0.294 e. The van der Waals surface area contributed by atoms with Gasteiger partial charge in [0.2, 0.25) is 0 Å². The van der Waals surface area contributed by atoms with Gasteiger partial charge in [-0.3, -0.25) is 9.11 Å². The molecule has 6 nitrogen and oxygen atoms in total. The van der Waals surface area contributed by atoms with E-state index in [9.17, 15) is 16.8 Å². The summed E-state index contributed by atoms with van der Waals surface area (Å²) in [6, 6.07) is 20.3. The minimum absolute atomic E-state index is 0.0666. The van der Waals surface area contributed by atoms with Crippen molar-refractivity contribution >= 4 is 38.5 Å². The Kier molecular flexibility index (Phi) is 14.2. The van der Waals surface area contributed by atoms with E-state index >= 15 is 0 Å². The van der Waals surface area contributed by atoms with Gasteiger partial charge in [-0.15, -0.1) is 0 Å². The molecule has 3 aromatic rings. The summed E-state index contributed by atoms with van der Waals surface area (Å²) in [6.45, 7) is 17.2. The van der Waals surface area contributed by atoms with E-state index in [0.717, 1.165) is 16.7 Å². The summed E-state index contributed by atoms with van der Waals surface area (Å²) in [5.41, 5.74) is 7.13. The molecule has 2 N–H and O–H groups in total. The zero-order chi connectivity index (χ0) is 27.9. The SMILES string of the molecule is C=Cc1cccc(C)c1C.C=Cc1ccccc1C=C.CS(=O)(=O)O.Cc1ccc(S(=O)(=O)O)cc1. The summed E-state index contributed by atoms with van der Waals surface area (Å²) in [4.78, 5) is -0.0666. The Labute approximate surface area is 215 Å². The van der Waals surface area contributed by atoms with E-state index in [4.69, 9.17) is 9.11 Å². The molecule has 0 atom stereocenters. The number of hydrogen-bond donors (Lipinski definition) is 2. The zero-order valence-electron chi connectivity index (χ0n) is 21.0. The van der Waals surface area contributed by atoms with Gasteiger partial charge in [0, 0.05) is 0 Å². The second-order valence-corrected chi connectivity index (χ2v) is 10.4. The summed E-state index contributed by atoms with van der Waals surface area (Å²) in [5, 5.41) is 0. The highest BCUT2D eigenvalue weighted by atomic mass is 32.2. The molecule has 0 heterocycles. The number of benzene rings is 3. The summed E-state index contributed by atoms with van der Waals surface area (Å²) in [6.07, 6.45) is 6.27. The third-order valence-electron chi connectivity index (χ3n) is 4.62. The Morgan fingerprint density at radius 2 is 1.03 bits per heavy atom. The van der Waals surface area contributed by atoms with Crippen LogP contribution in [0.15, 0.2) is 91.4 Å². The minimum Gasteiger partial charge on any atom is -0.286 e. The van der Waals surface area contributed by atoms with Gasteiger partial charge < -0.3 is 0 Å². The van der Waals surface area contributed by atoms with Crippen LogP contribution < -0.4 is 0 Å². The maximum Gasteiger partial charge on any atom is 0.294 e. The topological polar surface area (TPSA) is 109 Å². The second kappa shape index (κ2) is 15.6. The summed E-state index contributed by atoms with van der Waals surface area (Å²) >= 11 is 0. The van der Waals surface area contributed by atoms with Crippen molar-refractivity contribution in [1.29, 1.82) is 0 Å². The molecule has 3 rings (SSSR count). The van der Waals surface area contributed by atoms with Gasteiger partial charge in [-0.2, -0.15) is 16.8 Å². The van der Waals surface area contributed by atoms with Crippen molar-refractivity contribution in [3.05, 3.63) is 120 Å². The van der Waals surface area contributed by atoms with Crippen molar-refractivity contribution in [2.75, 3.05) is 6.26 Å². The fourth-order valence-corrected chi connectivity index (χ4v) is 3.07. The van der Waals surface area contributed by atoms with Crippen LogP contribution in [0.5, 0.6) is 0 Å². The van der Waals surface area contributed by atoms with Crippen LogP contribution in [0.4, 0.5) is 0 Å². The third-order valence-corrected chi connectivity index (χ3v) is 5.49. The number of rotatable bonds is 4. The molecule has 0 radical (unpaired) electrons. The van der Waals surface area contributed by atoms with Crippen LogP contribution in [0.2, 0.25) is 0 Å². The van der Waals surface area contributed by atoms with Gasteiger partial charge in [0.05, 0.1) is 11.2 Å². The third kappa shape index (κ3) is 14.2. The van der Waals surface area contributed by atoms with Gasteiger partial charge in [0.25, 0.3) is 20.2 Å². The standard InChI is InChI=1S/C10H12.C10H10.C7H8O3S.CH4O3S/c1-4-10-7-5-6-8(2)9(10)3;1-3-9-7-5-6-8-10(9)4-2;1-6-2-4-7(5-3-6)11(8,9)10;1-5(2,3)4/h4-7H,1H2,2-3H3;3-8H,1-2H2;2-5H,1H3,(H,8,9,10);1H3,(H,2,3,4). The highest BCUT2D eigenvalue weighted by molar-refractivity contribution is 7.85. The van der Waals surface area contributed by atoms with Crippen molar-refractivity contribution in [1.82, 2.24) is 0 Å². The monoisotopic (exact) mass is 530 g/mol. The summed E-state index contributed by atoms with van der Waals surface area (Å²) in [5.74, 6) is 0. The van der Waals surface area contributed by atoms with Crippen molar-refractivity contribution in [2.45, 2.75) is 25.7 Å². The molecule has 36 heavy (non-hydrogen) atoms. The first kappa shape index (κ1) is 32.7. The fraction of sp³-hybridized carbons (Fsp3) is 0.143. The second-order valence-electron chi connectivity index (χ2n) is 7.55. The molecule has 194 valence electrons. The number of hydrogen-bond acceptors (Lipinski definition) is 4. The first-order chi connectivity index (χ1) is 16.6. The van der Waals surface area contributed by atoms with Gasteiger partial charge in [0.15, 0.2) is 0 Å². The van der Waals surface area contributed by atoms with Crippen LogP contribution >= 0.6 is 0 Å². The maximum atomic E-state index is 10.5. The van der Waals surface area contributed by atoms with Crippen LogP contribution in [0, 0.1) is 20.8 Å². The predicted molar refractivity (Wildman–Crippen MR) is 151 cm³/mol. The van der Waals surface area contributed by atoms with Crippen LogP contribution in [0.3, 0.4) is 0 Å². The molecule has 0 aromatic heterocycles. The van der Waals surface area contributed by atoms with E-state index in [1.807, 2.05) is 49.4 Å². The first-order valence-electron chi connectivity index (χ1n) is 10.6. The average molecular weight is 531 g/mol. The maximum absolute atomic E-state index is 10.5. The Hall–Kier alpha value is -3.30. The quantitative estimate of drug-likeness (QED) is 0.365. The van der Waals surface area contributed by atoms with Crippen molar-refractivity contribution in [3.8, 4) is 0 Å². The minimum atomic E-state index is -4.02. The Balaban J connectivity index is 0.000000468. The molecule has 0 spiro atoms. The Morgan fingerprint density at radius 1 is 0.639 bits per heavy atom. The first-order valence-corrected chi connectivity index (χ1v) is 13.9. The Bertz CT molecular complexity index is 1320. The highest BCUT2D eigenvalue weighted by Gasteiger charge is 2.06. The van der Waals surface area contributed by atoms with Crippen molar-refractivity contribution in [2.24, 2.45) is 0 Å². The lowest BCUT2D eigenvalue weighted by Crippen LogP contribution is -1.96. The molecule has 0 aliphatic rings. The van der Waals surface area contributed by atoms with E-state index in [-0.39, 0.29) is 4.90 Å². The van der Waals surface area contributed by atoms with Crippen LogP contribution in [-0.2, 0) is 20.2 Å². The van der Waals surface area contributed by atoms with Gasteiger partial charge in [-0.25, -0.2) is 0 Å². The Morgan fingerprint density at radius 3 is 1.36 bits per heavy atom. The molecule has 0 bridgehead atoms. The molecule has 8 heteroatoms. The predicted octanol–water partition coefficient (Wildman–Crippen LogP) is 6.66. The van der Waals surface area contributed by atoms with Gasteiger partial charge >= 0.3 is 0 Å². The molecule has 0 unspecified atom stereocenters. The summed E-state index contributed by atoms with van der Waals surface area (Å²) in [7, 11) is -7.69. The molecule has 0 fully saturated rings. The van der Waals surface area contributed by atoms with E-state index < -0.39 is 20.2 Å². The molecule has 3 aromatic carbocycles. The van der Waals surface area contributed by atoms with E-state index in [0.29, 0.717) is 6.26 Å². The summed E-state index contributed by atoms with van der Waals surface area (Å²) < 4.78 is 55.4. The lowest BCUT2D eigenvalue weighted by atomic mass is 10.0. The molecule has 0 saturated carbocycles. The van der Waals surface area contributed by atoms with E-state index in [2.05, 4.69) is 51.8 Å². The fourth-order valence-electron chi connectivity index (χ4n) is 2.59. The van der Waals surface area contributed by atoms with E-state index in [1.54, 1.807) is 12.1 Å². The lowest BCUT2D eigenvalue weighted by molar-refractivity contribution is 0.482. The van der Waals surface area contributed by atoms with Gasteiger partial charge in [-0.05, 0) is 60.7 Å². The lowest BCUT2D eigenvalue weighted by Gasteiger charge is -2.01. The zero-order valence-corrected chi connectivity index (χ0v) is 22.7.